The third-order valence-electron chi connectivity index (χ3n) is 2.63. The van der Waals surface area contributed by atoms with Gasteiger partial charge in [0, 0.05) is 13.6 Å². The lowest BCUT2D eigenvalue weighted by molar-refractivity contribution is 0.0396. The van der Waals surface area contributed by atoms with Crippen molar-refractivity contribution < 1.29 is 9.53 Å². The molecule has 0 saturated carbocycles. The van der Waals surface area contributed by atoms with Crippen LogP contribution in [0, 0.1) is 0 Å². The highest BCUT2D eigenvalue weighted by molar-refractivity contribution is 5.97. The van der Waals surface area contributed by atoms with Gasteiger partial charge in [-0.2, -0.15) is 0 Å². The molecular formula is C9H14N4O2. The third-order valence-corrected chi connectivity index (χ3v) is 2.63. The summed E-state index contributed by atoms with van der Waals surface area (Å²) in [4.78, 5) is 11.9. The van der Waals surface area contributed by atoms with Gasteiger partial charge in [-0.05, 0) is 12.8 Å². The molecule has 2 atom stereocenters. The molecule has 1 aromatic heterocycles. The molecule has 15 heavy (non-hydrogen) atoms. The van der Waals surface area contributed by atoms with Crippen LogP contribution in [0.4, 0.5) is 0 Å². The minimum atomic E-state index is -0.379. The third kappa shape index (κ3) is 1.91. The molecule has 0 amide bonds. The Morgan fingerprint density at radius 3 is 3.07 bits per heavy atom. The normalized spacial score (nSPS) is 25.7. The number of rotatable bonds is 3. The summed E-state index contributed by atoms with van der Waals surface area (Å²) < 4.78 is 6.97. The van der Waals surface area contributed by atoms with Gasteiger partial charge in [0.05, 0.1) is 12.3 Å². The Morgan fingerprint density at radius 1 is 1.73 bits per heavy atom. The fourth-order valence-corrected chi connectivity index (χ4v) is 1.75. The number of ketones is 1. The van der Waals surface area contributed by atoms with Crippen molar-refractivity contribution in [1.29, 1.82) is 0 Å². The maximum Gasteiger partial charge on any atom is 0.211 e. The highest BCUT2D eigenvalue weighted by Crippen LogP contribution is 2.21. The van der Waals surface area contributed by atoms with Gasteiger partial charge in [0.25, 0.3) is 0 Å². The SMILES string of the molecule is Cn1nncc1C(=O)C1CCC(CN)O1. The molecular weight excluding hydrogens is 196 g/mol. The Balaban J connectivity index is 2.07. The van der Waals surface area contributed by atoms with Crippen molar-refractivity contribution in [2.45, 2.75) is 25.0 Å². The summed E-state index contributed by atoms with van der Waals surface area (Å²) in [6, 6.07) is 0. The number of hydrogen-bond donors (Lipinski definition) is 1. The van der Waals surface area contributed by atoms with Crippen LogP contribution in [0.5, 0.6) is 0 Å². The molecule has 1 saturated heterocycles. The maximum absolute atomic E-state index is 11.9. The first-order chi connectivity index (χ1) is 7.22. The Hall–Kier alpha value is -1.27. The van der Waals surface area contributed by atoms with Crippen LogP contribution in [-0.4, -0.2) is 39.5 Å². The zero-order valence-electron chi connectivity index (χ0n) is 8.59. The van der Waals surface area contributed by atoms with Gasteiger partial charge in [0.1, 0.15) is 11.8 Å². The minimum absolute atomic E-state index is 0.0140. The second-order valence-corrected chi connectivity index (χ2v) is 3.67. The van der Waals surface area contributed by atoms with Crippen molar-refractivity contribution in [2.24, 2.45) is 12.8 Å². The zero-order valence-corrected chi connectivity index (χ0v) is 8.59. The average molecular weight is 210 g/mol. The van der Waals surface area contributed by atoms with Gasteiger partial charge in [0.2, 0.25) is 5.78 Å². The van der Waals surface area contributed by atoms with Crippen LogP contribution in [0.15, 0.2) is 6.20 Å². The van der Waals surface area contributed by atoms with Crippen LogP contribution in [-0.2, 0) is 11.8 Å². The summed E-state index contributed by atoms with van der Waals surface area (Å²) in [5.74, 6) is -0.0570. The van der Waals surface area contributed by atoms with E-state index in [-0.39, 0.29) is 18.0 Å². The van der Waals surface area contributed by atoms with Gasteiger partial charge in [-0.15, -0.1) is 5.10 Å². The van der Waals surface area contributed by atoms with Gasteiger partial charge >= 0.3 is 0 Å². The summed E-state index contributed by atoms with van der Waals surface area (Å²) >= 11 is 0. The van der Waals surface area contributed by atoms with Crippen molar-refractivity contribution in [3.05, 3.63) is 11.9 Å². The molecule has 6 nitrogen and oxygen atoms in total. The monoisotopic (exact) mass is 210 g/mol. The fraction of sp³-hybridized carbons (Fsp3) is 0.667. The highest BCUT2D eigenvalue weighted by Gasteiger charge is 2.31. The minimum Gasteiger partial charge on any atom is -0.365 e. The van der Waals surface area contributed by atoms with E-state index in [0.29, 0.717) is 12.2 Å². The van der Waals surface area contributed by atoms with Gasteiger partial charge in [-0.25, -0.2) is 4.68 Å². The lowest BCUT2D eigenvalue weighted by Crippen LogP contribution is -2.26. The number of hydrogen-bond acceptors (Lipinski definition) is 5. The van der Waals surface area contributed by atoms with E-state index in [1.165, 1.54) is 10.9 Å². The number of ether oxygens (including phenoxy) is 1. The molecule has 0 aromatic carbocycles. The molecule has 0 aliphatic carbocycles. The summed E-state index contributed by atoms with van der Waals surface area (Å²) in [6.07, 6.45) is 2.67. The molecule has 82 valence electrons. The van der Waals surface area contributed by atoms with E-state index in [0.717, 1.165) is 12.8 Å². The number of nitrogens with zero attached hydrogens (tertiary/aromatic N) is 3. The molecule has 1 fully saturated rings. The summed E-state index contributed by atoms with van der Waals surface area (Å²) in [6.45, 7) is 0.466. The molecule has 0 spiro atoms. The lowest BCUT2D eigenvalue weighted by Gasteiger charge is -2.10. The van der Waals surface area contributed by atoms with Gasteiger partial charge < -0.3 is 10.5 Å². The second kappa shape index (κ2) is 4.08. The molecule has 6 heteroatoms. The molecule has 1 aliphatic heterocycles. The van der Waals surface area contributed by atoms with E-state index in [1.54, 1.807) is 7.05 Å². The Labute approximate surface area is 87.4 Å². The molecule has 2 heterocycles. The molecule has 1 aromatic rings. The lowest BCUT2D eigenvalue weighted by atomic mass is 10.1. The summed E-state index contributed by atoms with van der Waals surface area (Å²) in [5.41, 5.74) is 5.96. The Morgan fingerprint density at radius 2 is 2.53 bits per heavy atom. The first-order valence-electron chi connectivity index (χ1n) is 4.96. The number of aryl methyl sites for hydroxylation is 1. The smallest absolute Gasteiger partial charge is 0.211 e. The first-order valence-corrected chi connectivity index (χ1v) is 4.96. The van der Waals surface area contributed by atoms with Crippen LogP contribution >= 0.6 is 0 Å². The van der Waals surface area contributed by atoms with E-state index in [4.69, 9.17) is 10.5 Å². The number of aromatic nitrogens is 3. The van der Waals surface area contributed by atoms with Crippen LogP contribution < -0.4 is 5.73 Å². The topological polar surface area (TPSA) is 83.0 Å². The van der Waals surface area contributed by atoms with E-state index in [9.17, 15) is 4.79 Å². The van der Waals surface area contributed by atoms with Crippen LogP contribution in [0.3, 0.4) is 0 Å². The van der Waals surface area contributed by atoms with Gasteiger partial charge in [-0.3, -0.25) is 4.79 Å². The number of nitrogens with two attached hydrogens (primary N) is 1. The van der Waals surface area contributed by atoms with E-state index in [2.05, 4.69) is 10.3 Å². The maximum atomic E-state index is 11.9. The van der Waals surface area contributed by atoms with E-state index in [1.807, 2.05) is 0 Å². The largest absolute Gasteiger partial charge is 0.365 e. The van der Waals surface area contributed by atoms with Gasteiger partial charge in [0.15, 0.2) is 0 Å². The number of carbonyl (C=O) groups excluding carboxylic acids is 1. The average Bonchev–Trinajstić information content (AvgIpc) is 2.84. The standard InChI is InChI=1S/C9H14N4O2/c1-13-7(5-11-12-13)9(14)8-3-2-6(4-10)15-8/h5-6,8H,2-4,10H2,1H3. The first kappa shape index (κ1) is 10.3. The Bertz CT molecular complexity index is 363. The van der Waals surface area contributed by atoms with Crippen molar-refractivity contribution >= 4 is 5.78 Å². The van der Waals surface area contributed by atoms with Crippen molar-refractivity contribution in [3.63, 3.8) is 0 Å². The summed E-state index contributed by atoms with van der Waals surface area (Å²) in [7, 11) is 1.69. The van der Waals surface area contributed by atoms with Crippen molar-refractivity contribution in [2.75, 3.05) is 6.54 Å². The van der Waals surface area contributed by atoms with Crippen LogP contribution in [0.25, 0.3) is 0 Å². The molecule has 0 bridgehead atoms. The molecule has 1 aliphatic rings. The van der Waals surface area contributed by atoms with Gasteiger partial charge in [-0.1, -0.05) is 5.21 Å². The summed E-state index contributed by atoms with van der Waals surface area (Å²) in [5, 5.41) is 7.38. The van der Waals surface area contributed by atoms with Crippen LogP contribution in [0.2, 0.25) is 0 Å². The Kier molecular flexibility index (Phi) is 2.79. The quantitative estimate of drug-likeness (QED) is 0.680. The van der Waals surface area contributed by atoms with E-state index < -0.39 is 0 Å². The number of carbonyl (C=O) groups is 1. The predicted molar refractivity (Wildman–Crippen MR) is 52.3 cm³/mol. The molecule has 2 unspecified atom stereocenters. The highest BCUT2D eigenvalue weighted by atomic mass is 16.5. The molecule has 2 N–H and O–H groups in total. The van der Waals surface area contributed by atoms with Crippen LogP contribution in [0.1, 0.15) is 23.3 Å². The zero-order chi connectivity index (χ0) is 10.8. The fourth-order valence-electron chi connectivity index (χ4n) is 1.75. The van der Waals surface area contributed by atoms with Crippen molar-refractivity contribution in [1.82, 2.24) is 15.0 Å². The van der Waals surface area contributed by atoms with E-state index >= 15 is 0 Å². The second-order valence-electron chi connectivity index (χ2n) is 3.67. The molecule has 2 rings (SSSR count). The predicted octanol–water partition coefficient (Wildman–Crippen LogP) is -0.496. The van der Waals surface area contributed by atoms with Crippen molar-refractivity contribution in [3.8, 4) is 0 Å². The molecule has 0 radical (unpaired) electrons. The number of Topliss-reactive ketones (excluding diaryl/α,β-unsaturated/α-hetero) is 1.